The first-order chi connectivity index (χ1) is 73.4. The van der Waals surface area contributed by atoms with Crippen molar-refractivity contribution in [3.8, 4) is 55.6 Å². The number of rotatable bonds is 17. The molecule has 7 nitrogen and oxygen atoms in total. The van der Waals surface area contributed by atoms with E-state index in [1.165, 1.54) is 43.1 Å². The molecule has 0 saturated carbocycles. The summed E-state index contributed by atoms with van der Waals surface area (Å²) in [6, 6.07) is 191. The Morgan fingerprint density at radius 3 is 0.899 bits per heavy atom. The number of nitrogens with zero attached hydrogens (tertiary/aromatic N) is 4. The van der Waals surface area contributed by atoms with Gasteiger partial charge in [0.05, 0.1) is 34.1 Å². The maximum absolute atomic E-state index is 18.0. The molecule has 3 heterocycles. The number of halogens is 1. The molecule has 8 heteroatoms. The number of hydrogen-bond donors (Lipinski definition) is 0. The lowest BCUT2D eigenvalue weighted by Crippen LogP contribution is -2.14. The van der Waals surface area contributed by atoms with Gasteiger partial charge < -0.3 is 32.9 Å². The Hall–Kier alpha value is -19.7. The van der Waals surface area contributed by atoms with Gasteiger partial charge in [-0.1, -0.05) is 400 Å². The molecule has 26 aromatic carbocycles. The van der Waals surface area contributed by atoms with Gasteiger partial charge >= 0.3 is 0 Å². The lowest BCUT2D eigenvalue weighted by atomic mass is 9.90. The maximum atomic E-state index is 18.0. The van der Waals surface area contributed by atoms with Crippen molar-refractivity contribution in [2.45, 2.75) is 0 Å². The lowest BCUT2D eigenvalue weighted by Gasteiger charge is -2.31. The molecule has 148 heavy (non-hydrogen) atoms. The minimum atomic E-state index is -0.321. The summed E-state index contributed by atoms with van der Waals surface area (Å²) in [5.74, 6) is -0.321. The second kappa shape index (κ2) is 36.1. The second-order valence-electron chi connectivity index (χ2n) is 38.0. The van der Waals surface area contributed by atoms with Crippen LogP contribution in [0.25, 0.3) is 208 Å². The van der Waals surface area contributed by atoms with Gasteiger partial charge in [0.2, 0.25) is 0 Å². The first-order valence-corrected chi connectivity index (χ1v) is 50.3. The van der Waals surface area contributed by atoms with Crippen molar-refractivity contribution < 1.29 is 17.6 Å². The summed E-state index contributed by atoms with van der Waals surface area (Å²) in [4.78, 5) is 9.21. The van der Waals surface area contributed by atoms with Crippen LogP contribution in [0.3, 0.4) is 0 Å². The number of fused-ring (bicyclic) bond motifs is 25. The summed E-state index contributed by atoms with van der Waals surface area (Å²) >= 11 is 0. The van der Waals surface area contributed by atoms with Gasteiger partial charge in [0.1, 0.15) is 28.1 Å². The molecule has 0 amide bonds. The zero-order valence-corrected chi connectivity index (χ0v) is 80.3. The van der Waals surface area contributed by atoms with Crippen LogP contribution in [-0.4, -0.2) is 0 Å². The van der Waals surface area contributed by atoms with Crippen LogP contribution in [0.2, 0.25) is 0 Å². The van der Waals surface area contributed by atoms with Crippen LogP contribution in [0, 0.1) is 5.82 Å². The van der Waals surface area contributed by atoms with Gasteiger partial charge in [-0.05, 0) is 253 Å². The number of para-hydroxylation sites is 9. The van der Waals surface area contributed by atoms with E-state index in [1.807, 2.05) is 91.0 Å². The zero-order valence-electron chi connectivity index (χ0n) is 80.3. The Morgan fingerprint density at radius 2 is 0.446 bits per heavy atom. The van der Waals surface area contributed by atoms with Crippen LogP contribution in [0.5, 0.6) is 0 Å². The Morgan fingerprint density at radius 1 is 0.149 bits per heavy atom. The van der Waals surface area contributed by atoms with E-state index in [9.17, 15) is 0 Å². The van der Waals surface area contributed by atoms with E-state index in [1.54, 1.807) is 6.07 Å². The molecule has 0 spiro atoms. The van der Waals surface area contributed by atoms with Crippen LogP contribution in [0.1, 0.15) is 0 Å². The van der Waals surface area contributed by atoms with Crippen LogP contribution in [-0.2, 0) is 0 Å². The highest BCUT2D eigenvalue weighted by Gasteiger charge is 2.31. The molecular weight excluding hydrogens is 1800 g/mol. The third kappa shape index (κ3) is 14.7. The van der Waals surface area contributed by atoms with E-state index < -0.39 is 0 Å². The highest BCUT2D eigenvalue weighted by molar-refractivity contribution is 6.34. The Labute approximate surface area is 852 Å². The molecule has 3 aromatic heterocycles. The normalized spacial score (nSPS) is 11.7. The Bertz CT molecular complexity index is 10300. The highest BCUT2D eigenvalue weighted by atomic mass is 19.1. The molecule has 0 unspecified atom stereocenters. The summed E-state index contributed by atoms with van der Waals surface area (Å²) in [6.07, 6.45) is 0. The fourth-order valence-electron chi connectivity index (χ4n) is 23.0. The quantitative estimate of drug-likeness (QED) is 0.0842. The van der Waals surface area contributed by atoms with E-state index in [-0.39, 0.29) is 5.82 Å². The largest absolute Gasteiger partial charge is 0.456 e. The molecule has 0 N–H and O–H groups in total. The predicted octanol–water partition coefficient (Wildman–Crippen LogP) is 40.7. The average Bonchev–Trinajstić information content (AvgIpc) is 1.03. The third-order valence-electron chi connectivity index (χ3n) is 29.7. The Kier molecular flexibility index (Phi) is 21.0. The third-order valence-corrected chi connectivity index (χ3v) is 29.7. The summed E-state index contributed by atoms with van der Waals surface area (Å²) in [5.41, 5.74) is 26.7. The van der Waals surface area contributed by atoms with Crippen molar-refractivity contribution in [1.29, 1.82) is 0 Å². The first-order valence-electron chi connectivity index (χ1n) is 50.3. The van der Waals surface area contributed by atoms with Crippen molar-refractivity contribution in [2.24, 2.45) is 0 Å². The van der Waals surface area contributed by atoms with Crippen molar-refractivity contribution in [3.63, 3.8) is 0 Å². The van der Waals surface area contributed by atoms with Crippen LogP contribution in [0.15, 0.2) is 553 Å². The van der Waals surface area contributed by atoms with E-state index in [0.29, 0.717) is 5.69 Å². The number of furan rings is 3. The van der Waals surface area contributed by atoms with E-state index in [0.717, 1.165) is 227 Å². The SMILES string of the molecule is Fc1cc(-c2ccccc2)cc(-c2ccccc2)c1N(c1ccc2c(c1)c1ccccc1c1c3ccc(N(c4ccccc4-c4ccccc4)c4cccc5c4oc4ccccc45)cc3ccc21)c1ccccc1-c1ccccc1.c1ccc(-c2ccccc2N(c2ccc3c(ccc4c5ccc(N(c6ccccc6)c6ccc7c(c6)oc6ccccc67)cc5c5ccccc5c34)c2)c2cccc3c2oc2ccccc23)cc1. The fraction of sp³-hybridized carbons (Fsp3) is 0. The van der Waals surface area contributed by atoms with Crippen molar-refractivity contribution in [2.75, 3.05) is 19.6 Å². The molecule has 29 aromatic rings. The zero-order chi connectivity index (χ0) is 97.8. The molecular formula is C140H89FN4O3. The lowest BCUT2D eigenvalue weighted by molar-refractivity contribution is 0.630. The molecule has 0 aliphatic rings. The monoisotopic (exact) mass is 1890 g/mol. The van der Waals surface area contributed by atoms with Gasteiger partial charge in [-0.3, -0.25) is 0 Å². The summed E-state index contributed by atoms with van der Waals surface area (Å²) in [6.45, 7) is 0. The standard InChI is InChI=1S/C76H49FN2O.C64H40N2O2/c77-69-48-55(50-22-5-1-6-23-50)47-67(53-28-11-4-12-29-53)75(69)79(71-37-19-16-31-59(71)52-26-9-3-10-27-52)57-42-45-62-65-43-40-54-46-56(41-44-60(54)74(65)64-34-14-13-32-61(64)68(62)49-57)78(70-36-18-15-30-58(70)51-24-7-2-8-25-51)72-38-21-35-66-63-33-17-20-39-73(63)80-76(66)72;1-3-16-41(17-4-1)47-20-9-12-26-58(47)66(59-27-15-25-56-52-23-11-14-29-61(52)68-64(56)59)44-31-35-48-42(38-44)30-34-55-50-36-32-45(39-57(50)49-21-7-8-24-54(49)63(48)55)65(43-18-5-2-6-19-43)46-33-37-53-51-22-10-13-28-60(51)67-62(53)40-46/h1-49H;1-40H. The minimum absolute atomic E-state index is 0.321. The number of anilines is 12. The topological polar surface area (TPSA) is 52.4 Å². The van der Waals surface area contributed by atoms with Crippen LogP contribution in [0.4, 0.5) is 72.6 Å². The van der Waals surface area contributed by atoms with Gasteiger partial charge in [0, 0.05) is 94.8 Å². The molecule has 29 rings (SSSR count). The van der Waals surface area contributed by atoms with Crippen molar-refractivity contribution in [3.05, 3.63) is 546 Å². The maximum Gasteiger partial charge on any atom is 0.159 e. The predicted molar refractivity (Wildman–Crippen MR) is 621 cm³/mol. The summed E-state index contributed by atoms with van der Waals surface area (Å²) < 4.78 is 37.9. The summed E-state index contributed by atoms with van der Waals surface area (Å²) in [5, 5.41) is 25.3. The first kappa shape index (κ1) is 86.2. The van der Waals surface area contributed by atoms with Crippen molar-refractivity contribution in [1.82, 2.24) is 0 Å². The van der Waals surface area contributed by atoms with Gasteiger partial charge in [0.15, 0.2) is 11.2 Å². The average molecular weight is 1890 g/mol. The molecule has 0 bridgehead atoms. The van der Waals surface area contributed by atoms with E-state index in [2.05, 4.69) is 462 Å². The molecule has 0 radical (unpaired) electrons. The van der Waals surface area contributed by atoms with Crippen LogP contribution >= 0.6 is 0 Å². The molecule has 0 saturated heterocycles. The minimum Gasteiger partial charge on any atom is -0.456 e. The summed E-state index contributed by atoms with van der Waals surface area (Å²) in [7, 11) is 0. The molecule has 0 aliphatic carbocycles. The van der Waals surface area contributed by atoms with Gasteiger partial charge in [-0.2, -0.15) is 0 Å². The number of hydrogen-bond acceptors (Lipinski definition) is 7. The smallest absolute Gasteiger partial charge is 0.159 e. The number of benzene rings is 26. The van der Waals surface area contributed by atoms with Gasteiger partial charge in [0.25, 0.3) is 0 Å². The van der Waals surface area contributed by atoms with Crippen molar-refractivity contribution >= 4 is 220 Å². The van der Waals surface area contributed by atoms with Gasteiger partial charge in [-0.25, -0.2) is 4.39 Å². The molecule has 0 atom stereocenters. The fourth-order valence-corrected chi connectivity index (χ4v) is 23.0. The molecule has 694 valence electrons. The second-order valence-corrected chi connectivity index (χ2v) is 38.0. The highest BCUT2D eigenvalue weighted by Crippen LogP contribution is 2.55. The molecule has 0 fully saturated rings. The molecule has 0 aliphatic heterocycles. The van der Waals surface area contributed by atoms with Gasteiger partial charge in [-0.15, -0.1) is 0 Å². The van der Waals surface area contributed by atoms with E-state index in [4.69, 9.17) is 13.3 Å². The van der Waals surface area contributed by atoms with E-state index >= 15 is 4.39 Å². The van der Waals surface area contributed by atoms with Crippen LogP contribution < -0.4 is 19.6 Å². The Balaban J connectivity index is 0.000000145.